The zero-order valence-corrected chi connectivity index (χ0v) is 13.6. The maximum Gasteiger partial charge on any atom is 0.337 e. The number of nitrogens with zero attached hydrogens (tertiary/aromatic N) is 1. The van der Waals surface area contributed by atoms with Crippen molar-refractivity contribution in [1.82, 2.24) is 4.98 Å². The first-order valence-corrected chi connectivity index (χ1v) is 8.39. The van der Waals surface area contributed by atoms with E-state index >= 15 is 0 Å². The van der Waals surface area contributed by atoms with E-state index in [2.05, 4.69) is 37.0 Å². The van der Waals surface area contributed by atoms with Gasteiger partial charge in [0.15, 0.2) is 0 Å². The van der Waals surface area contributed by atoms with Gasteiger partial charge in [0.05, 0.1) is 5.56 Å². The molecule has 0 saturated heterocycles. The maximum absolute atomic E-state index is 10.9. The van der Waals surface area contributed by atoms with Gasteiger partial charge in [-0.2, -0.15) is 0 Å². The van der Waals surface area contributed by atoms with E-state index in [1.54, 1.807) is 12.1 Å². The molecule has 0 saturated carbocycles. The Bertz CT molecular complexity index is 708. The Morgan fingerprint density at radius 3 is 2.82 bits per heavy atom. The van der Waals surface area contributed by atoms with Crippen molar-refractivity contribution in [3.05, 3.63) is 58.9 Å². The third kappa shape index (κ3) is 3.02. The summed E-state index contributed by atoms with van der Waals surface area (Å²) in [4.78, 5) is 16.5. The van der Waals surface area contributed by atoms with Crippen molar-refractivity contribution < 1.29 is 9.90 Å². The molecule has 3 rings (SSSR count). The van der Waals surface area contributed by atoms with E-state index < -0.39 is 5.97 Å². The molecule has 22 heavy (non-hydrogen) atoms. The Kier molecular flexibility index (Phi) is 3.96. The molecule has 1 aromatic carbocycles. The molecule has 0 radical (unpaired) electrons. The van der Waals surface area contributed by atoms with Crippen LogP contribution in [0.1, 0.15) is 47.4 Å². The topological polar surface area (TPSA) is 50.2 Å². The average molecular weight is 313 g/mol. The number of aromatic carboxylic acids is 1. The number of thioether (sulfide) groups is 1. The van der Waals surface area contributed by atoms with Crippen molar-refractivity contribution in [2.24, 2.45) is 0 Å². The summed E-state index contributed by atoms with van der Waals surface area (Å²) >= 11 is 1.93. The summed E-state index contributed by atoms with van der Waals surface area (Å²) in [5.41, 5.74) is 3.99. The zero-order chi connectivity index (χ0) is 15.7. The second-order valence-electron chi connectivity index (χ2n) is 6.33. The van der Waals surface area contributed by atoms with Crippen molar-refractivity contribution >= 4 is 17.7 Å². The Morgan fingerprint density at radius 1 is 1.32 bits per heavy atom. The smallest absolute Gasteiger partial charge is 0.337 e. The lowest BCUT2D eigenvalue weighted by molar-refractivity contribution is 0.0696. The largest absolute Gasteiger partial charge is 0.478 e. The standard InChI is InChI=1S/C18H19NO2S/c1-18(2)7-8-22-16-6-3-12(10-15(16)18)9-14-5-4-13(11-19-14)17(20)21/h3-6,10-11H,7-9H2,1-2H3,(H,20,21). The molecule has 2 aromatic rings. The highest BCUT2D eigenvalue weighted by Crippen LogP contribution is 2.41. The molecule has 0 fully saturated rings. The van der Waals surface area contributed by atoms with Crippen molar-refractivity contribution in [2.75, 3.05) is 5.75 Å². The van der Waals surface area contributed by atoms with Gasteiger partial charge in [0.1, 0.15) is 0 Å². The van der Waals surface area contributed by atoms with Crippen LogP contribution in [0.3, 0.4) is 0 Å². The molecular formula is C18H19NO2S. The van der Waals surface area contributed by atoms with Crippen LogP contribution >= 0.6 is 11.8 Å². The number of pyridine rings is 1. The van der Waals surface area contributed by atoms with Crippen LogP contribution < -0.4 is 0 Å². The van der Waals surface area contributed by atoms with Gasteiger partial charge in [0.2, 0.25) is 0 Å². The number of aromatic nitrogens is 1. The highest BCUT2D eigenvalue weighted by atomic mass is 32.2. The number of carbonyl (C=O) groups is 1. The fourth-order valence-electron chi connectivity index (χ4n) is 2.76. The summed E-state index contributed by atoms with van der Waals surface area (Å²) in [6, 6.07) is 10.1. The molecule has 0 atom stereocenters. The van der Waals surface area contributed by atoms with Crippen molar-refractivity contribution in [2.45, 2.75) is 37.0 Å². The zero-order valence-electron chi connectivity index (χ0n) is 12.8. The summed E-state index contributed by atoms with van der Waals surface area (Å²) < 4.78 is 0. The number of fused-ring (bicyclic) bond motifs is 1. The minimum atomic E-state index is -0.938. The molecule has 0 spiro atoms. The van der Waals surface area contributed by atoms with Gasteiger partial charge in [-0.3, -0.25) is 4.98 Å². The van der Waals surface area contributed by atoms with E-state index in [0.29, 0.717) is 0 Å². The van der Waals surface area contributed by atoms with E-state index in [1.165, 1.54) is 34.4 Å². The molecule has 114 valence electrons. The van der Waals surface area contributed by atoms with Crippen LogP contribution in [0.5, 0.6) is 0 Å². The summed E-state index contributed by atoms with van der Waals surface area (Å²) in [5, 5.41) is 8.91. The van der Waals surface area contributed by atoms with Crippen molar-refractivity contribution in [1.29, 1.82) is 0 Å². The number of carboxylic acids is 1. The van der Waals surface area contributed by atoms with Gasteiger partial charge in [-0.05, 0) is 46.9 Å². The Hall–Kier alpha value is -1.81. The van der Waals surface area contributed by atoms with E-state index in [-0.39, 0.29) is 11.0 Å². The molecule has 4 heteroatoms. The quantitative estimate of drug-likeness (QED) is 0.925. The van der Waals surface area contributed by atoms with E-state index in [0.717, 1.165) is 12.1 Å². The van der Waals surface area contributed by atoms with Gasteiger partial charge in [0, 0.05) is 23.2 Å². The molecule has 1 aromatic heterocycles. The summed E-state index contributed by atoms with van der Waals surface area (Å²) in [6.07, 6.45) is 3.35. The van der Waals surface area contributed by atoms with E-state index in [9.17, 15) is 4.79 Å². The van der Waals surface area contributed by atoms with Gasteiger partial charge in [-0.25, -0.2) is 4.79 Å². The number of benzene rings is 1. The predicted molar refractivity (Wildman–Crippen MR) is 88.8 cm³/mol. The Morgan fingerprint density at radius 2 is 2.14 bits per heavy atom. The first kappa shape index (κ1) is 15.1. The van der Waals surface area contributed by atoms with Crippen LogP contribution in [0.4, 0.5) is 0 Å². The fraction of sp³-hybridized carbons (Fsp3) is 0.333. The number of carboxylic acid groups (broad SMARTS) is 1. The monoisotopic (exact) mass is 313 g/mol. The SMILES string of the molecule is CC1(C)CCSc2ccc(Cc3ccc(C(=O)O)cn3)cc21. The van der Waals surface area contributed by atoms with Crippen LogP contribution in [0.25, 0.3) is 0 Å². The van der Waals surface area contributed by atoms with Gasteiger partial charge in [-0.1, -0.05) is 26.0 Å². The molecule has 0 aliphatic carbocycles. The first-order valence-electron chi connectivity index (χ1n) is 7.40. The third-order valence-corrected chi connectivity index (χ3v) is 5.29. The number of hydrogen-bond acceptors (Lipinski definition) is 3. The minimum Gasteiger partial charge on any atom is -0.478 e. The predicted octanol–water partition coefficient (Wildman–Crippen LogP) is 4.14. The van der Waals surface area contributed by atoms with Crippen LogP contribution in [0.2, 0.25) is 0 Å². The highest BCUT2D eigenvalue weighted by molar-refractivity contribution is 7.99. The number of hydrogen-bond donors (Lipinski definition) is 1. The summed E-state index contributed by atoms with van der Waals surface area (Å²) in [6.45, 7) is 4.60. The van der Waals surface area contributed by atoms with E-state index in [4.69, 9.17) is 5.11 Å². The van der Waals surface area contributed by atoms with Crippen LogP contribution in [0.15, 0.2) is 41.4 Å². The Labute approximate surface area is 134 Å². The Balaban J connectivity index is 1.85. The van der Waals surface area contributed by atoms with Gasteiger partial charge >= 0.3 is 5.97 Å². The highest BCUT2D eigenvalue weighted by Gasteiger charge is 2.27. The molecule has 0 bridgehead atoms. The molecular weight excluding hydrogens is 294 g/mol. The molecule has 1 aliphatic rings. The van der Waals surface area contributed by atoms with Crippen LogP contribution in [0, 0.1) is 0 Å². The van der Waals surface area contributed by atoms with Gasteiger partial charge in [-0.15, -0.1) is 11.8 Å². The minimum absolute atomic E-state index is 0.219. The molecule has 1 N–H and O–H groups in total. The van der Waals surface area contributed by atoms with Gasteiger partial charge < -0.3 is 5.11 Å². The second-order valence-corrected chi connectivity index (χ2v) is 7.47. The lowest BCUT2D eigenvalue weighted by atomic mass is 9.81. The first-order chi connectivity index (χ1) is 10.5. The molecule has 1 aliphatic heterocycles. The van der Waals surface area contributed by atoms with E-state index in [1.807, 2.05) is 11.8 Å². The van der Waals surface area contributed by atoms with Crippen LogP contribution in [-0.4, -0.2) is 21.8 Å². The molecule has 0 amide bonds. The molecule has 2 heterocycles. The normalized spacial score (nSPS) is 16.1. The summed E-state index contributed by atoms with van der Waals surface area (Å²) in [5.74, 6) is 0.240. The van der Waals surface area contributed by atoms with Crippen molar-refractivity contribution in [3.8, 4) is 0 Å². The third-order valence-electron chi connectivity index (χ3n) is 4.21. The fourth-order valence-corrected chi connectivity index (χ4v) is 4.24. The number of rotatable bonds is 3. The summed E-state index contributed by atoms with van der Waals surface area (Å²) in [7, 11) is 0. The average Bonchev–Trinajstić information content (AvgIpc) is 2.48. The molecule has 3 nitrogen and oxygen atoms in total. The van der Waals surface area contributed by atoms with Gasteiger partial charge in [0.25, 0.3) is 0 Å². The second kappa shape index (κ2) is 5.76. The maximum atomic E-state index is 10.9. The van der Waals surface area contributed by atoms with Crippen molar-refractivity contribution in [3.63, 3.8) is 0 Å². The van der Waals surface area contributed by atoms with Crippen LogP contribution in [-0.2, 0) is 11.8 Å². The lowest BCUT2D eigenvalue weighted by Gasteiger charge is -2.32. The molecule has 0 unspecified atom stereocenters. The lowest BCUT2D eigenvalue weighted by Crippen LogP contribution is -2.22.